The lowest BCUT2D eigenvalue weighted by atomic mass is 9.52. The monoisotopic (exact) mass is 303 g/mol. The number of aliphatic hydroxyl groups is 1. The first kappa shape index (κ1) is 14.3. The predicted octanol–water partition coefficient (Wildman–Crippen LogP) is 2.93. The van der Waals surface area contributed by atoms with Gasteiger partial charge >= 0.3 is 6.09 Å². The van der Waals surface area contributed by atoms with E-state index in [1.807, 2.05) is 12.2 Å². The highest BCUT2D eigenvalue weighted by Crippen LogP contribution is 2.55. The smallest absolute Gasteiger partial charge is 0.407 e. The van der Waals surface area contributed by atoms with Gasteiger partial charge in [0.1, 0.15) is 6.61 Å². The lowest BCUT2D eigenvalue weighted by Crippen LogP contribution is -2.63. The summed E-state index contributed by atoms with van der Waals surface area (Å²) in [7, 11) is 0. The molecule has 4 nitrogen and oxygen atoms in total. The van der Waals surface area contributed by atoms with Crippen LogP contribution < -0.4 is 5.32 Å². The number of aliphatic hydroxyl groups excluding tert-OH is 1. The Morgan fingerprint density at radius 3 is 2.77 bits per heavy atom. The largest absolute Gasteiger partial charge is 0.445 e. The number of allylic oxidation sites excluding steroid dienone is 3. The summed E-state index contributed by atoms with van der Waals surface area (Å²) in [6.45, 7) is 0.394. The maximum atomic E-state index is 12.2. The third-order valence-corrected chi connectivity index (χ3v) is 6.08. The van der Waals surface area contributed by atoms with E-state index >= 15 is 0 Å². The molecule has 0 radical (unpaired) electrons. The van der Waals surface area contributed by atoms with Crippen LogP contribution in [0.4, 0.5) is 4.79 Å². The van der Waals surface area contributed by atoms with E-state index in [0.717, 1.165) is 44.9 Å². The molecule has 5 aliphatic rings. The number of hydrogen-bond acceptors (Lipinski definition) is 3. The first-order chi connectivity index (χ1) is 10.6. The summed E-state index contributed by atoms with van der Waals surface area (Å²) in [5, 5.41) is 13.5. The van der Waals surface area contributed by atoms with Crippen molar-refractivity contribution < 1.29 is 14.6 Å². The first-order valence-electron chi connectivity index (χ1n) is 8.61. The standard InChI is InChI=1S/C18H25NO3/c20-16-14-6-13-7-15(16)10-18(8-13,9-14)19-17(21)22-11-12-4-2-1-3-5-12/h1-2,4,13-16,20H,3,5-11H2,(H,19,21). The fourth-order valence-corrected chi connectivity index (χ4v) is 5.33. The molecule has 22 heavy (non-hydrogen) atoms. The molecule has 0 spiro atoms. The minimum absolute atomic E-state index is 0.117. The second-order valence-corrected chi connectivity index (χ2v) is 7.73. The van der Waals surface area contributed by atoms with E-state index < -0.39 is 0 Å². The fourth-order valence-electron chi connectivity index (χ4n) is 5.33. The number of amides is 1. The van der Waals surface area contributed by atoms with Crippen LogP contribution in [0.3, 0.4) is 0 Å². The number of rotatable bonds is 3. The molecule has 4 bridgehead atoms. The van der Waals surface area contributed by atoms with Crippen LogP contribution in [0.2, 0.25) is 0 Å². The summed E-state index contributed by atoms with van der Waals surface area (Å²) in [6.07, 6.45) is 12.9. The Bertz CT molecular complexity index is 508. The maximum Gasteiger partial charge on any atom is 0.407 e. The van der Waals surface area contributed by atoms with Crippen LogP contribution in [0.15, 0.2) is 23.8 Å². The zero-order valence-corrected chi connectivity index (χ0v) is 13.0. The highest BCUT2D eigenvalue weighted by molar-refractivity contribution is 5.68. The van der Waals surface area contributed by atoms with Gasteiger partial charge in [0.2, 0.25) is 0 Å². The Labute approximate surface area is 131 Å². The Hall–Kier alpha value is -1.29. The first-order valence-corrected chi connectivity index (χ1v) is 8.61. The molecule has 0 saturated heterocycles. The maximum absolute atomic E-state index is 12.2. The van der Waals surface area contributed by atoms with E-state index in [-0.39, 0.29) is 17.7 Å². The van der Waals surface area contributed by atoms with E-state index in [0.29, 0.717) is 24.4 Å². The molecule has 1 amide bonds. The van der Waals surface area contributed by atoms with E-state index in [1.165, 1.54) is 5.57 Å². The molecule has 0 aliphatic heterocycles. The summed E-state index contributed by atoms with van der Waals surface area (Å²) >= 11 is 0. The quantitative estimate of drug-likeness (QED) is 0.843. The molecule has 0 aromatic heterocycles. The summed E-state index contributed by atoms with van der Waals surface area (Å²) < 4.78 is 5.43. The van der Waals surface area contributed by atoms with Crippen molar-refractivity contribution in [1.29, 1.82) is 0 Å². The van der Waals surface area contributed by atoms with E-state index in [1.54, 1.807) is 0 Å². The van der Waals surface area contributed by atoms with Crippen molar-refractivity contribution >= 4 is 6.09 Å². The number of carbonyl (C=O) groups is 1. The second-order valence-electron chi connectivity index (χ2n) is 7.73. The molecule has 0 heterocycles. The summed E-state index contributed by atoms with van der Waals surface area (Å²) in [4.78, 5) is 12.2. The van der Waals surface area contributed by atoms with Gasteiger partial charge in [-0.3, -0.25) is 0 Å². The summed E-state index contributed by atoms with van der Waals surface area (Å²) in [6, 6.07) is 0. The molecule has 5 rings (SSSR count). The Morgan fingerprint density at radius 1 is 1.32 bits per heavy atom. The van der Waals surface area contributed by atoms with Gasteiger partial charge in [0.25, 0.3) is 0 Å². The van der Waals surface area contributed by atoms with Gasteiger partial charge in [-0.15, -0.1) is 0 Å². The molecule has 2 atom stereocenters. The van der Waals surface area contributed by atoms with Crippen molar-refractivity contribution in [2.45, 2.75) is 56.6 Å². The van der Waals surface area contributed by atoms with Crippen molar-refractivity contribution in [3.63, 3.8) is 0 Å². The minimum atomic E-state index is -0.285. The molecule has 120 valence electrons. The van der Waals surface area contributed by atoms with Crippen LogP contribution >= 0.6 is 0 Å². The predicted molar refractivity (Wildman–Crippen MR) is 83.2 cm³/mol. The Kier molecular flexibility index (Phi) is 3.52. The third kappa shape index (κ3) is 2.58. The lowest BCUT2D eigenvalue weighted by molar-refractivity contribution is -0.110. The topological polar surface area (TPSA) is 58.6 Å². The third-order valence-electron chi connectivity index (χ3n) is 6.08. The normalized spacial score (nSPS) is 42.1. The van der Waals surface area contributed by atoms with Gasteiger partial charge in [0, 0.05) is 5.54 Å². The summed E-state index contributed by atoms with van der Waals surface area (Å²) in [5.74, 6) is 1.42. The van der Waals surface area contributed by atoms with Crippen molar-refractivity contribution in [3.8, 4) is 0 Å². The van der Waals surface area contributed by atoms with Gasteiger partial charge in [0.05, 0.1) is 6.10 Å². The average molecular weight is 303 g/mol. The molecule has 2 N–H and O–H groups in total. The van der Waals surface area contributed by atoms with E-state index in [4.69, 9.17) is 4.74 Å². The minimum Gasteiger partial charge on any atom is -0.445 e. The SMILES string of the molecule is O=C(NC12CC3CC(C1)C(O)C(C3)C2)OCC1=CC=CCC1. The van der Waals surface area contributed by atoms with Gasteiger partial charge < -0.3 is 15.2 Å². The molecule has 4 heteroatoms. The van der Waals surface area contributed by atoms with Gasteiger partial charge in [-0.25, -0.2) is 4.79 Å². The van der Waals surface area contributed by atoms with Crippen LogP contribution in [-0.4, -0.2) is 29.4 Å². The van der Waals surface area contributed by atoms with Crippen LogP contribution in [0.5, 0.6) is 0 Å². The number of carbonyl (C=O) groups excluding carboxylic acids is 1. The van der Waals surface area contributed by atoms with Crippen molar-refractivity contribution in [3.05, 3.63) is 23.8 Å². The highest BCUT2D eigenvalue weighted by atomic mass is 16.5. The molecule has 2 unspecified atom stereocenters. The molecule has 4 fully saturated rings. The van der Waals surface area contributed by atoms with Gasteiger partial charge in [-0.2, -0.15) is 0 Å². The van der Waals surface area contributed by atoms with Crippen molar-refractivity contribution in [2.75, 3.05) is 6.61 Å². The highest BCUT2D eigenvalue weighted by Gasteiger charge is 2.55. The zero-order chi connectivity index (χ0) is 15.2. The molecule has 4 saturated carbocycles. The Morgan fingerprint density at radius 2 is 2.09 bits per heavy atom. The molecule has 0 aromatic rings. The van der Waals surface area contributed by atoms with Crippen molar-refractivity contribution in [1.82, 2.24) is 5.32 Å². The van der Waals surface area contributed by atoms with Gasteiger partial charge in [-0.05, 0) is 68.3 Å². The average Bonchev–Trinajstić information content (AvgIpc) is 2.50. The molecular weight excluding hydrogens is 278 g/mol. The molecule has 5 aliphatic carbocycles. The van der Waals surface area contributed by atoms with Crippen LogP contribution in [0, 0.1) is 17.8 Å². The fraction of sp³-hybridized carbons (Fsp3) is 0.722. The van der Waals surface area contributed by atoms with Gasteiger partial charge in [-0.1, -0.05) is 18.2 Å². The molecular formula is C18H25NO3. The number of hydrogen-bond donors (Lipinski definition) is 2. The number of ether oxygens (including phenoxy) is 1. The lowest BCUT2D eigenvalue weighted by Gasteiger charge is -2.58. The van der Waals surface area contributed by atoms with Crippen molar-refractivity contribution in [2.24, 2.45) is 17.8 Å². The van der Waals surface area contributed by atoms with Gasteiger partial charge in [0.15, 0.2) is 0 Å². The van der Waals surface area contributed by atoms with Crippen LogP contribution in [0.1, 0.15) is 44.9 Å². The zero-order valence-electron chi connectivity index (χ0n) is 13.0. The second kappa shape index (κ2) is 5.41. The number of nitrogens with one attached hydrogen (secondary N) is 1. The molecule has 0 aromatic carbocycles. The van der Waals surface area contributed by atoms with Crippen LogP contribution in [0.25, 0.3) is 0 Å². The van der Waals surface area contributed by atoms with E-state index in [9.17, 15) is 9.90 Å². The van der Waals surface area contributed by atoms with Crippen LogP contribution in [-0.2, 0) is 4.74 Å². The Balaban J connectivity index is 1.36. The summed E-state index contributed by atoms with van der Waals surface area (Å²) in [5.41, 5.74) is 1.06. The van der Waals surface area contributed by atoms with E-state index in [2.05, 4.69) is 11.4 Å². The number of alkyl carbamates (subject to hydrolysis) is 1.